The summed E-state index contributed by atoms with van der Waals surface area (Å²) in [7, 11) is -3.39. The number of carbonyl (C=O) groups is 1. The van der Waals surface area contributed by atoms with Gasteiger partial charge in [0, 0.05) is 23.9 Å². The summed E-state index contributed by atoms with van der Waals surface area (Å²) in [5.41, 5.74) is 4.17. The second-order valence-corrected chi connectivity index (χ2v) is 10.8. The van der Waals surface area contributed by atoms with E-state index in [4.69, 9.17) is 0 Å². The fourth-order valence-corrected chi connectivity index (χ4v) is 5.98. The number of amides is 1. The third kappa shape index (κ3) is 3.98. The predicted octanol–water partition coefficient (Wildman–Crippen LogP) is 5.21. The number of rotatable bonds is 7. The van der Waals surface area contributed by atoms with Crippen molar-refractivity contribution in [3.05, 3.63) is 53.7 Å². The van der Waals surface area contributed by atoms with Gasteiger partial charge >= 0.3 is 0 Å². The van der Waals surface area contributed by atoms with Crippen molar-refractivity contribution >= 4 is 59.2 Å². The highest BCUT2D eigenvalue weighted by Gasteiger charge is 2.33. The maximum atomic E-state index is 11.8. The van der Waals surface area contributed by atoms with Crippen LogP contribution in [0.4, 0.5) is 10.8 Å². The number of para-hydroxylation sites is 1. The minimum atomic E-state index is -3.39. The Hall–Kier alpha value is -2.91. The van der Waals surface area contributed by atoms with Crippen LogP contribution in [0, 0.1) is 0 Å². The number of nitrogens with one attached hydrogen (secondary N) is 3. The highest BCUT2D eigenvalue weighted by Crippen LogP contribution is 2.44. The van der Waals surface area contributed by atoms with Crippen molar-refractivity contribution in [2.24, 2.45) is 0 Å². The predicted molar refractivity (Wildman–Crippen MR) is 132 cm³/mol. The van der Waals surface area contributed by atoms with Crippen LogP contribution < -0.4 is 10.0 Å². The average molecular weight is 471 g/mol. The number of thiazole rings is 1. The van der Waals surface area contributed by atoms with Crippen LogP contribution in [0.25, 0.3) is 21.1 Å². The van der Waals surface area contributed by atoms with E-state index < -0.39 is 10.0 Å². The van der Waals surface area contributed by atoms with Crippen molar-refractivity contribution in [1.29, 1.82) is 0 Å². The minimum Gasteiger partial charge on any atom is -0.359 e. The van der Waals surface area contributed by atoms with Gasteiger partial charge < -0.3 is 10.3 Å². The van der Waals surface area contributed by atoms with Crippen LogP contribution in [0.15, 0.2) is 42.6 Å². The van der Waals surface area contributed by atoms with Gasteiger partial charge in [-0.25, -0.2) is 13.4 Å². The molecular weight excluding hydrogens is 444 g/mol. The number of aromatic amines is 1. The zero-order valence-electron chi connectivity index (χ0n) is 18.4. The van der Waals surface area contributed by atoms with Crippen molar-refractivity contribution in [1.82, 2.24) is 9.97 Å². The lowest BCUT2D eigenvalue weighted by molar-refractivity contribution is -0.114. The Labute approximate surface area is 191 Å². The van der Waals surface area contributed by atoms with E-state index in [1.54, 1.807) is 6.07 Å². The Morgan fingerprint density at radius 2 is 1.94 bits per heavy atom. The van der Waals surface area contributed by atoms with Gasteiger partial charge in [-0.15, -0.1) is 0 Å². The quantitative estimate of drug-likeness (QED) is 0.345. The molecular formula is C23H26N4O3S2. The number of anilines is 2. The van der Waals surface area contributed by atoms with Gasteiger partial charge in [0.1, 0.15) is 0 Å². The van der Waals surface area contributed by atoms with Crippen LogP contribution >= 0.6 is 11.3 Å². The van der Waals surface area contributed by atoms with E-state index in [0.29, 0.717) is 10.8 Å². The molecule has 0 aliphatic carbocycles. The van der Waals surface area contributed by atoms with E-state index in [9.17, 15) is 13.2 Å². The molecule has 3 N–H and O–H groups in total. The highest BCUT2D eigenvalue weighted by molar-refractivity contribution is 7.92. The molecule has 4 rings (SSSR count). The van der Waals surface area contributed by atoms with Gasteiger partial charge in [-0.2, -0.15) is 0 Å². The van der Waals surface area contributed by atoms with E-state index in [0.717, 1.165) is 51.3 Å². The van der Waals surface area contributed by atoms with E-state index >= 15 is 0 Å². The zero-order chi connectivity index (χ0) is 23.1. The standard InChI is InChI=1S/C23H26N4O3S2/c1-5-23(6-2,15-10-11-18-20(12-15)31-22(26-18)25-14(3)28)17-13-24-21-16(17)8-7-9-19(21)27-32(4,29)30/h7-13,24,27H,5-6H2,1-4H3,(H,25,26,28). The van der Waals surface area contributed by atoms with Gasteiger partial charge in [0.2, 0.25) is 15.9 Å². The summed E-state index contributed by atoms with van der Waals surface area (Å²) < 4.78 is 27.3. The van der Waals surface area contributed by atoms with Crippen molar-refractivity contribution in [2.45, 2.75) is 39.0 Å². The first-order valence-corrected chi connectivity index (χ1v) is 13.1. The van der Waals surface area contributed by atoms with E-state index in [2.05, 4.69) is 46.0 Å². The Kier molecular flexibility index (Phi) is 5.72. The molecule has 0 atom stereocenters. The lowest BCUT2D eigenvalue weighted by Gasteiger charge is -2.32. The second kappa shape index (κ2) is 8.22. The summed E-state index contributed by atoms with van der Waals surface area (Å²) >= 11 is 1.46. The molecule has 2 aromatic carbocycles. The molecule has 4 aromatic rings. The summed E-state index contributed by atoms with van der Waals surface area (Å²) in [5.74, 6) is -0.141. The van der Waals surface area contributed by atoms with Crippen molar-refractivity contribution in [3.8, 4) is 0 Å². The van der Waals surface area contributed by atoms with Crippen LogP contribution in [0.3, 0.4) is 0 Å². The second-order valence-electron chi connectivity index (χ2n) is 7.98. The Morgan fingerprint density at radius 3 is 2.59 bits per heavy atom. The average Bonchev–Trinajstić information content (AvgIpc) is 3.32. The number of aromatic nitrogens is 2. The summed E-state index contributed by atoms with van der Waals surface area (Å²) in [6, 6.07) is 11.9. The summed E-state index contributed by atoms with van der Waals surface area (Å²) in [6.45, 7) is 5.81. The van der Waals surface area contributed by atoms with Gasteiger partial charge in [0.25, 0.3) is 0 Å². The molecule has 0 unspecified atom stereocenters. The van der Waals surface area contributed by atoms with Crippen LogP contribution in [0.1, 0.15) is 44.7 Å². The van der Waals surface area contributed by atoms with Gasteiger partial charge in [0.15, 0.2) is 5.13 Å². The molecule has 2 heterocycles. The molecule has 0 aliphatic rings. The highest BCUT2D eigenvalue weighted by atomic mass is 32.2. The fraction of sp³-hybridized carbons (Fsp3) is 0.304. The Morgan fingerprint density at radius 1 is 1.19 bits per heavy atom. The third-order valence-electron chi connectivity index (χ3n) is 5.96. The van der Waals surface area contributed by atoms with Crippen molar-refractivity contribution < 1.29 is 13.2 Å². The number of hydrogen-bond donors (Lipinski definition) is 3. The number of benzene rings is 2. The van der Waals surface area contributed by atoms with Gasteiger partial charge in [0.05, 0.1) is 27.7 Å². The van der Waals surface area contributed by atoms with Crippen LogP contribution in [-0.4, -0.2) is 30.5 Å². The smallest absolute Gasteiger partial charge is 0.229 e. The Balaban J connectivity index is 1.86. The lowest BCUT2D eigenvalue weighted by atomic mass is 9.70. The first-order valence-electron chi connectivity index (χ1n) is 10.4. The Bertz CT molecular complexity index is 1420. The molecule has 0 radical (unpaired) electrons. The van der Waals surface area contributed by atoms with E-state index in [1.807, 2.05) is 24.4 Å². The van der Waals surface area contributed by atoms with Gasteiger partial charge in [-0.05, 0) is 42.2 Å². The van der Waals surface area contributed by atoms with Crippen LogP contribution in [0.2, 0.25) is 0 Å². The molecule has 0 saturated heterocycles. The monoisotopic (exact) mass is 470 g/mol. The molecule has 0 bridgehead atoms. The van der Waals surface area contributed by atoms with Crippen molar-refractivity contribution in [3.63, 3.8) is 0 Å². The summed E-state index contributed by atoms with van der Waals surface area (Å²) in [5, 5.41) is 4.35. The zero-order valence-corrected chi connectivity index (χ0v) is 20.1. The minimum absolute atomic E-state index is 0.141. The van der Waals surface area contributed by atoms with Crippen LogP contribution in [-0.2, 0) is 20.2 Å². The molecule has 0 aliphatic heterocycles. The number of fused-ring (bicyclic) bond motifs is 2. The third-order valence-corrected chi connectivity index (χ3v) is 7.48. The summed E-state index contributed by atoms with van der Waals surface area (Å²) in [4.78, 5) is 19.2. The number of nitrogens with zero attached hydrogens (tertiary/aromatic N) is 1. The maximum Gasteiger partial charge on any atom is 0.229 e. The number of H-pyrrole nitrogens is 1. The molecule has 2 aromatic heterocycles. The number of carbonyl (C=O) groups excluding carboxylic acids is 1. The topological polar surface area (TPSA) is 104 Å². The maximum absolute atomic E-state index is 11.8. The molecule has 0 fully saturated rings. The van der Waals surface area contributed by atoms with Crippen LogP contribution in [0.5, 0.6) is 0 Å². The molecule has 32 heavy (non-hydrogen) atoms. The van der Waals surface area contributed by atoms with Gasteiger partial charge in [-0.3, -0.25) is 9.52 Å². The molecule has 0 spiro atoms. The first-order chi connectivity index (χ1) is 15.2. The first kappa shape index (κ1) is 22.3. The van der Waals surface area contributed by atoms with E-state index in [-0.39, 0.29) is 11.3 Å². The lowest BCUT2D eigenvalue weighted by Crippen LogP contribution is -2.25. The molecule has 1 amide bonds. The summed E-state index contributed by atoms with van der Waals surface area (Å²) in [6.07, 6.45) is 4.87. The largest absolute Gasteiger partial charge is 0.359 e. The molecule has 7 nitrogen and oxygen atoms in total. The molecule has 168 valence electrons. The fourth-order valence-electron chi connectivity index (χ4n) is 4.46. The molecule has 9 heteroatoms. The molecule has 0 saturated carbocycles. The SMILES string of the molecule is CCC(CC)(c1ccc2nc(NC(C)=O)sc2c1)c1c[nH]c2c(NS(C)(=O)=O)cccc12. The van der Waals surface area contributed by atoms with E-state index in [1.165, 1.54) is 18.3 Å². The number of sulfonamides is 1. The van der Waals surface area contributed by atoms with Crippen molar-refractivity contribution in [2.75, 3.05) is 16.3 Å². The normalized spacial score (nSPS) is 12.4. The number of hydrogen-bond acceptors (Lipinski definition) is 5. The van der Waals surface area contributed by atoms with Gasteiger partial charge in [-0.1, -0.05) is 43.4 Å².